The number of carbonyl (C=O) groups is 3. The van der Waals surface area contributed by atoms with Crippen molar-refractivity contribution in [1.29, 1.82) is 0 Å². The summed E-state index contributed by atoms with van der Waals surface area (Å²) in [4.78, 5) is 41.9. The van der Waals surface area contributed by atoms with Crippen LogP contribution in [0, 0.1) is 5.92 Å². The fourth-order valence-corrected chi connectivity index (χ4v) is 4.44. The highest BCUT2D eigenvalue weighted by Gasteiger charge is 2.45. The zero-order valence-electron chi connectivity index (χ0n) is 21.5. The van der Waals surface area contributed by atoms with Gasteiger partial charge in [-0.1, -0.05) is 80.9 Å². The van der Waals surface area contributed by atoms with E-state index in [0.29, 0.717) is 17.5 Å². The summed E-state index contributed by atoms with van der Waals surface area (Å²) in [6.45, 7) is 4.44. The van der Waals surface area contributed by atoms with Crippen molar-refractivity contribution in [2.75, 3.05) is 6.54 Å². The van der Waals surface area contributed by atoms with Crippen molar-refractivity contribution in [2.24, 2.45) is 5.92 Å². The Labute approximate surface area is 219 Å². The van der Waals surface area contributed by atoms with E-state index < -0.39 is 42.7 Å². The molecule has 0 aromatic heterocycles. The van der Waals surface area contributed by atoms with E-state index in [1.165, 1.54) is 22.9 Å². The third-order valence-corrected chi connectivity index (χ3v) is 6.65. The highest BCUT2D eigenvalue weighted by atomic mass is 19.4. The zero-order chi connectivity index (χ0) is 28.0. The third kappa shape index (κ3) is 6.80. The van der Waals surface area contributed by atoms with Gasteiger partial charge < -0.3 is 15.3 Å². The van der Waals surface area contributed by atoms with Crippen molar-refractivity contribution < 1.29 is 32.7 Å². The summed E-state index contributed by atoms with van der Waals surface area (Å²) < 4.78 is 40.3. The first-order valence-electron chi connectivity index (χ1n) is 12.4. The van der Waals surface area contributed by atoms with Gasteiger partial charge in [-0.15, -0.1) is 0 Å². The van der Waals surface area contributed by atoms with Crippen molar-refractivity contribution in [3.63, 3.8) is 0 Å². The molecule has 0 radical (unpaired) electrons. The Hall–Kier alpha value is -3.66. The molecule has 0 aliphatic carbocycles. The second kappa shape index (κ2) is 12.3. The first-order valence-corrected chi connectivity index (χ1v) is 12.4. The number of halogens is 3. The van der Waals surface area contributed by atoms with Crippen LogP contribution in [0.2, 0.25) is 0 Å². The van der Waals surface area contributed by atoms with Gasteiger partial charge in [0, 0.05) is 13.1 Å². The number of nitrogens with one attached hydrogen (secondary N) is 1. The fourth-order valence-electron chi connectivity index (χ4n) is 4.44. The molecule has 10 heteroatoms. The lowest BCUT2D eigenvalue weighted by atomic mass is 9.93. The molecule has 38 heavy (non-hydrogen) atoms. The predicted molar refractivity (Wildman–Crippen MR) is 136 cm³/mol. The summed E-state index contributed by atoms with van der Waals surface area (Å²) in [6.07, 6.45) is -5.96. The van der Waals surface area contributed by atoms with E-state index in [2.05, 4.69) is 5.32 Å². The van der Waals surface area contributed by atoms with Gasteiger partial charge in [0.15, 0.2) is 6.10 Å². The topological polar surface area (TPSA) is 89.9 Å². The number of aliphatic hydroxyl groups is 1. The standard InChI is InChI=1S/C28H32F3N3O4/c1-4-18(2)25-27(38)34(23(16-33(25)19(3)35)21-13-9-6-10-14-21)17-24(36)32-22(26(37)28(29,30)31)15-20-11-7-5-8-12-20/h5-14,16,18,22,25-26,37H,4,15,17H2,1-3H3,(H,32,36). The van der Waals surface area contributed by atoms with Gasteiger partial charge in [0.1, 0.15) is 12.6 Å². The molecule has 0 bridgehead atoms. The van der Waals surface area contributed by atoms with E-state index in [1.807, 2.05) is 13.8 Å². The van der Waals surface area contributed by atoms with Gasteiger partial charge in [-0.05, 0) is 23.5 Å². The van der Waals surface area contributed by atoms with Crippen LogP contribution in [0.4, 0.5) is 13.2 Å². The van der Waals surface area contributed by atoms with E-state index in [-0.39, 0.29) is 23.9 Å². The predicted octanol–water partition coefficient (Wildman–Crippen LogP) is 3.74. The molecule has 0 spiro atoms. The summed E-state index contributed by atoms with van der Waals surface area (Å²) in [5.41, 5.74) is 1.32. The number of nitrogens with zero attached hydrogens (tertiary/aromatic N) is 2. The molecule has 1 aliphatic heterocycles. The van der Waals surface area contributed by atoms with Crippen molar-refractivity contribution in [3.8, 4) is 0 Å². The van der Waals surface area contributed by atoms with Crippen molar-refractivity contribution in [3.05, 3.63) is 78.0 Å². The molecule has 3 amide bonds. The molecule has 0 fully saturated rings. The number of hydrogen-bond acceptors (Lipinski definition) is 4. The molecule has 7 nitrogen and oxygen atoms in total. The Morgan fingerprint density at radius 2 is 1.63 bits per heavy atom. The van der Waals surface area contributed by atoms with E-state index in [4.69, 9.17) is 0 Å². The maximum atomic E-state index is 13.7. The average molecular weight is 532 g/mol. The largest absolute Gasteiger partial charge is 0.416 e. The van der Waals surface area contributed by atoms with Gasteiger partial charge >= 0.3 is 6.18 Å². The van der Waals surface area contributed by atoms with Crippen LogP contribution >= 0.6 is 0 Å². The normalized spacial score (nSPS) is 18.4. The Morgan fingerprint density at radius 3 is 2.16 bits per heavy atom. The molecule has 204 valence electrons. The number of rotatable bonds is 9. The SMILES string of the molecule is CCC(C)C1C(=O)N(CC(=O)NC(Cc2ccccc2)C(O)C(F)(F)F)C(c2ccccc2)=CN1C(C)=O. The zero-order valence-corrected chi connectivity index (χ0v) is 21.5. The number of aliphatic hydroxyl groups excluding tert-OH is 1. The van der Waals surface area contributed by atoms with E-state index in [0.717, 1.165) is 0 Å². The van der Waals surface area contributed by atoms with E-state index in [1.54, 1.807) is 60.7 Å². The Kier molecular flexibility index (Phi) is 9.32. The van der Waals surface area contributed by atoms with Crippen LogP contribution in [-0.2, 0) is 20.8 Å². The summed E-state index contributed by atoms with van der Waals surface area (Å²) >= 11 is 0. The minimum absolute atomic E-state index is 0.247. The van der Waals surface area contributed by atoms with Crippen LogP contribution in [0.1, 0.15) is 38.3 Å². The van der Waals surface area contributed by atoms with Gasteiger partial charge in [0.05, 0.1) is 11.7 Å². The Balaban J connectivity index is 1.94. The summed E-state index contributed by atoms with van der Waals surface area (Å²) in [7, 11) is 0. The van der Waals surface area contributed by atoms with Crippen molar-refractivity contribution in [1.82, 2.24) is 15.1 Å². The number of alkyl halides is 3. The number of hydrogen-bond donors (Lipinski definition) is 2. The molecule has 3 rings (SSSR count). The second-order valence-electron chi connectivity index (χ2n) is 9.41. The minimum atomic E-state index is -4.97. The first kappa shape index (κ1) is 28.9. The van der Waals surface area contributed by atoms with Gasteiger partial charge in [-0.3, -0.25) is 19.3 Å². The van der Waals surface area contributed by atoms with Gasteiger partial charge in [-0.25, -0.2) is 0 Å². The number of amides is 3. The molecule has 4 unspecified atom stereocenters. The fraction of sp³-hybridized carbons (Fsp3) is 0.393. The van der Waals surface area contributed by atoms with Gasteiger partial charge in [0.25, 0.3) is 5.91 Å². The Morgan fingerprint density at radius 1 is 1.05 bits per heavy atom. The smallest absolute Gasteiger partial charge is 0.382 e. The summed E-state index contributed by atoms with van der Waals surface area (Å²) in [5.74, 6) is -1.98. The lowest BCUT2D eigenvalue weighted by Gasteiger charge is -2.41. The minimum Gasteiger partial charge on any atom is -0.382 e. The van der Waals surface area contributed by atoms with E-state index >= 15 is 0 Å². The van der Waals surface area contributed by atoms with Crippen LogP contribution < -0.4 is 5.32 Å². The lowest BCUT2D eigenvalue weighted by Crippen LogP contribution is -2.58. The molecule has 1 heterocycles. The molecule has 4 atom stereocenters. The van der Waals surface area contributed by atoms with Gasteiger partial charge in [-0.2, -0.15) is 13.2 Å². The van der Waals surface area contributed by atoms with Crippen LogP contribution in [-0.4, -0.2) is 63.5 Å². The average Bonchev–Trinajstić information content (AvgIpc) is 2.88. The highest BCUT2D eigenvalue weighted by molar-refractivity contribution is 5.99. The van der Waals surface area contributed by atoms with Crippen LogP contribution in [0.15, 0.2) is 66.9 Å². The quantitative estimate of drug-likeness (QED) is 0.516. The van der Waals surface area contributed by atoms with Crippen molar-refractivity contribution in [2.45, 2.75) is 58.0 Å². The van der Waals surface area contributed by atoms with Crippen LogP contribution in [0.3, 0.4) is 0 Å². The van der Waals surface area contributed by atoms with Crippen molar-refractivity contribution >= 4 is 23.4 Å². The van der Waals surface area contributed by atoms with Crippen LogP contribution in [0.25, 0.3) is 5.70 Å². The molecule has 0 saturated carbocycles. The molecular formula is C28H32F3N3O4. The first-order chi connectivity index (χ1) is 17.9. The highest BCUT2D eigenvalue weighted by Crippen LogP contribution is 2.31. The van der Waals surface area contributed by atoms with E-state index in [9.17, 15) is 32.7 Å². The maximum absolute atomic E-state index is 13.7. The second-order valence-corrected chi connectivity index (χ2v) is 9.41. The van der Waals surface area contributed by atoms with Gasteiger partial charge in [0.2, 0.25) is 11.8 Å². The summed E-state index contributed by atoms with van der Waals surface area (Å²) in [6, 6.07) is 14.3. The maximum Gasteiger partial charge on any atom is 0.416 e. The molecular weight excluding hydrogens is 499 g/mol. The number of benzene rings is 2. The van der Waals surface area contributed by atoms with Crippen LogP contribution in [0.5, 0.6) is 0 Å². The molecule has 0 saturated heterocycles. The summed E-state index contributed by atoms with van der Waals surface area (Å²) in [5, 5.41) is 12.3. The molecule has 2 aromatic carbocycles. The third-order valence-electron chi connectivity index (χ3n) is 6.65. The molecule has 1 aliphatic rings. The Bertz CT molecular complexity index is 1150. The lowest BCUT2D eigenvalue weighted by molar-refractivity contribution is -0.212. The molecule has 2 aromatic rings. The molecule has 2 N–H and O–H groups in total. The number of carbonyl (C=O) groups excluding carboxylic acids is 3. The monoisotopic (exact) mass is 531 g/mol.